The minimum absolute atomic E-state index is 0.728. The second-order valence-corrected chi connectivity index (χ2v) is 3.84. The van der Waals surface area contributed by atoms with Crippen LogP contribution in [0.1, 0.15) is 31.7 Å². The van der Waals surface area contributed by atoms with E-state index in [1.54, 1.807) is 0 Å². The van der Waals surface area contributed by atoms with Crippen molar-refractivity contribution in [1.29, 1.82) is 0 Å². The van der Waals surface area contributed by atoms with Crippen molar-refractivity contribution in [3.63, 3.8) is 0 Å². The molecule has 0 saturated heterocycles. The maximum absolute atomic E-state index is 5.40. The molecule has 0 aliphatic heterocycles. The van der Waals surface area contributed by atoms with Gasteiger partial charge < -0.3 is 4.74 Å². The maximum Gasteiger partial charge on any atom is 0.119 e. The molecule has 0 heterocycles. The van der Waals surface area contributed by atoms with E-state index in [-0.39, 0.29) is 0 Å². The van der Waals surface area contributed by atoms with Crippen LogP contribution in [0.2, 0.25) is 0 Å². The van der Waals surface area contributed by atoms with E-state index in [0.29, 0.717) is 0 Å². The van der Waals surface area contributed by atoms with Gasteiger partial charge >= 0.3 is 0 Å². The van der Waals surface area contributed by atoms with Crippen LogP contribution in [0.4, 0.5) is 0 Å². The fraction of sp³-hybridized carbons (Fsp3) is 0.538. The van der Waals surface area contributed by atoms with Crippen LogP contribution < -0.4 is 16.0 Å². The number of nitrogens with one attached hydrogen (secondary N) is 1. The molecule has 1 aromatic carbocycles. The van der Waals surface area contributed by atoms with Crippen LogP contribution in [0.5, 0.6) is 5.75 Å². The van der Waals surface area contributed by atoms with E-state index in [0.717, 1.165) is 31.7 Å². The van der Waals surface area contributed by atoms with Crippen molar-refractivity contribution in [2.45, 2.75) is 32.6 Å². The third-order valence-electron chi connectivity index (χ3n) is 2.52. The zero-order chi connectivity index (χ0) is 11.6. The van der Waals surface area contributed by atoms with Gasteiger partial charge in [0.15, 0.2) is 0 Å². The molecular formula is C13H22N2O. The third kappa shape index (κ3) is 5.14. The van der Waals surface area contributed by atoms with Crippen LogP contribution in [0.3, 0.4) is 0 Å². The first kappa shape index (κ1) is 13.0. The predicted octanol–water partition coefficient (Wildman–Crippen LogP) is 2.26. The van der Waals surface area contributed by atoms with Crippen LogP contribution >= 0.6 is 0 Å². The van der Waals surface area contributed by atoms with E-state index in [2.05, 4.69) is 17.6 Å². The standard InChI is InChI=1S/C13H22N2O/c1-2-16-13-9-7-12(8-10-13)6-4-3-5-11-15-14/h7-10,15H,2-6,11,14H2,1H3. The van der Waals surface area contributed by atoms with Crippen LogP contribution in [-0.4, -0.2) is 13.2 Å². The molecule has 90 valence electrons. The molecule has 0 amide bonds. The Kier molecular flexibility index (Phi) is 6.61. The lowest BCUT2D eigenvalue weighted by atomic mass is 10.1. The maximum atomic E-state index is 5.40. The minimum Gasteiger partial charge on any atom is -0.494 e. The molecule has 3 nitrogen and oxygen atoms in total. The number of hydrogen-bond acceptors (Lipinski definition) is 3. The highest BCUT2D eigenvalue weighted by Gasteiger charge is 1.95. The molecule has 0 fully saturated rings. The van der Waals surface area contributed by atoms with Crippen molar-refractivity contribution in [3.8, 4) is 5.75 Å². The fourth-order valence-electron chi connectivity index (χ4n) is 1.65. The van der Waals surface area contributed by atoms with Gasteiger partial charge in [-0.2, -0.15) is 0 Å². The normalized spacial score (nSPS) is 10.4. The average molecular weight is 222 g/mol. The summed E-state index contributed by atoms with van der Waals surface area (Å²) in [5.41, 5.74) is 4.05. The number of rotatable bonds is 8. The van der Waals surface area contributed by atoms with Crippen LogP contribution in [0.25, 0.3) is 0 Å². The summed E-state index contributed by atoms with van der Waals surface area (Å²) in [4.78, 5) is 0. The quantitative estimate of drug-likeness (QED) is 0.403. The van der Waals surface area contributed by atoms with E-state index in [9.17, 15) is 0 Å². The molecule has 0 atom stereocenters. The molecule has 0 aromatic heterocycles. The predicted molar refractivity (Wildman–Crippen MR) is 67.4 cm³/mol. The van der Waals surface area contributed by atoms with E-state index in [4.69, 9.17) is 10.6 Å². The first-order valence-corrected chi connectivity index (χ1v) is 6.02. The highest BCUT2D eigenvalue weighted by molar-refractivity contribution is 5.27. The summed E-state index contributed by atoms with van der Waals surface area (Å²) < 4.78 is 5.40. The van der Waals surface area contributed by atoms with Crippen molar-refractivity contribution in [2.75, 3.05) is 13.2 Å². The van der Waals surface area contributed by atoms with Crippen molar-refractivity contribution >= 4 is 0 Å². The molecule has 3 heteroatoms. The second-order valence-electron chi connectivity index (χ2n) is 3.84. The molecule has 3 N–H and O–H groups in total. The fourth-order valence-corrected chi connectivity index (χ4v) is 1.65. The van der Waals surface area contributed by atoms with Gasteiger partial charge in [-0.15, -0.1) is 0 Å². The van der Waals surface area contributed by atoms with Crippen LogP contribution in [-0.2, 0) is 6.42 Å². The Morgan fingerprint density at radius 3 is 2.50 bits per heavy atom. The molecule has 16 heavy (non-hydrogen) atoms. The van der Waals surface area contributed by atoms with Gasteiger partial charge in [-0.25, -0.2) is 0 Å². The zero-order valence-corrected chi connectivity index (χ0v) is 10.0. The summed E-state index contributed by atoms with van der Waals surface area (Å²) in [6.07, 6.45) is 4.72. The van der Waals surface area contributed by atoms with Crippen LogP contribution in [0, 0.1) is 0 Å². The van der Waals surface area contributed by atoms with Gasteiger partial charge in [-0.3, -0.25) is 11.3 Å². The number of benzene rings is 1. The summed E-state index contributed by atoms with van der Waals surface area (Å²) in [5, 5.41) is 0. The molecule has 0 saturated carbocycles. The Labute approximate surface area is 98.0 Å². The summed E-state index contributed by atoms with van der Waals surface area (Å²) >= 11 is 0. The molecule has 0 unspecified atom stereocenters. The lowest BCUT2D eigenvalue weighted by molar-refractivity contribution is 0.340. The van der Waals surface area contributed by atoms with Gasteiger partial charge in [-0.1, -0.05) is 18.6 Å². The lowest BCUT2D eigenvalue weighted by Gasteiger charge is -2.05. The molecule has 0 aliphatic carbocycles. The monoisotopic (exact) mass is 222 g/mol. The molecule has 0 radical (unpaired) electrons. The summed E-state index contributed by atoms with van der Waals surface area (Å²) in [7, 11) is 0. The molecule has 1 rings (SSSR count). The smallest absolute Gasteiger partial charge is 0.119 e. The molecule has 1 aromatic rings. The zero-order valence-electron chi connectivity index (χ0n) is 10.0. The molecular weight excluding hydrogens is 200 g/mol. The minimum atomic E-state index is 0.728. The topological polar surface area (TPSA) is 47.3 Å². The number of unbranched alkanes of at least 4 members (excludes halogenated alkanes) is 2. The van der Waals surface area contributed by atoms with E-state index < -0.39 is 0 Å². The number of nitrogens with two attached hydrogens (primary N) is 1. The highest BCUT2D eigenvalue weighted by Crippen LogP contribution is 2.14. The Hall–Kier alpha value is -1.06. The van der Waals surface area contributed by atoms with Gasteiger partial charge in [0.05, 0.1) is 6.61 Å². The summed E-state index contributed by atoms with van der Waals surface area (Å²) in [5.74, 6) is 6.16. The first-order valence-electron chi connectivity index (χ1n) is 6.02. The van der Waals surface area contributed by atoms with Crippen molar-refractivity contribution < 1.29 is 4.74 Å². The van der Waals surface area contributed by atoms with Crippen molar-refractivity contribution in [3.05, 3.63) is 29.8 Å². The van der Waals surface area contributed by atoms with Gasteiger partial charge in [0.1, 0.15) is 5.75 Å². The van der Waals surface area contributed by atoms with E-state index in [1.807, 2.05) is 19.1 Å². The van der Waals surface area contributed by atoms with Crippen molar-refractivity contribution in [2.24, 2.45) is 5.84 Å². The Bertz CT molecular complexity index is 272. The molecule has 0 spiro atoms. The van der Waals surface area contributed by atoms with Crippen molar-refractivity contribution in [1.82, 2.24) is 5.43 Å². The number of hydrogen-bond donors (Lipinski definition) is 2. The Morgan fingerprint density at radius 1 is 1.12 bits per heavy atom. The molecule has 0 aliphatic rings. The molecule has 0 bridgehead atoms. The average Bonchev–Trinajstić information content (AvgIpc) is 2.31. The second kappa shape index (κ2) is 8.13. The number of ether oxygens (including phenoxy) is 1. The van der Waals surface area contributed by atoms with Gasteiger partial charge in [0.2, 0.25) is 0 Å². The van der Waals surface area contributed by atoms with Gasteiger partial charge in [0, 0.05) is 6.54 Å². The number of hydrazine groups is 1. The first-order chi connectivity index (χ1) is 7.86. The van der Waals surface area contributed by atoms with Gasteiger partial charge in [0.25, 0.3) is 0 Å². The largest absolute Gasteiger partial charge is 0.494 e. The Morgan fingerprint density at radius 2 is 1.88 bits per heavy atom. The lowest BCUT2D eigenvalue weighted by Crippen LogP contribution is -2.22. The number of aryl methyl sites for hydroxylation is 1. The van der Waals surface area contributed by atoms with E-state index in [1.165, 1.54) is 18.4 Å². The summed E-state index contributed by atoms with van der Waals surface area (Å²) in [6.45, 7) is 3.63. The highest BCUT2D eigenvalue weighted by atomic mass is 16.5. The van der Waals surface area contributed by atoms with Crippen LogP contribution in [0.15, 0.2) is 24.3 Å². The summed E-state index contributed by atoms with van der Waals surface area (Å²) in [6, 6.07) is 8.37. The van der Waals surface area contributed by atoms with E-state index >= 15 is 0 Å². The Balaban J connectivity index is 2.21. The SMILES string of the molecule is CCOc1ccc(CCCCCNN)cc1. The third-order valence-corrected chi connectivity index (χ3v) is 2.52. The van der Waals surface area contributed by atoms with Gasteiger partial charge in [-0.05, 0) is 43.9 Å².